The van der Waals surface area contributed by atoms with Gasteiger partial charge < -0.3 is 5.32 Å². The summed E-state index contributed by atoms with van der Waals surface area (Å²) >= 11 is 0. The maximum atomic E-state index is 13.7. The predicted octanol–water partition coefficient (Wildman–Crippen LogP) is 3.33. The van der Waals surface area contributed by atoms with E-state index >= 15 is 0 Å². The third-order valence-corrected chi connectivity index (χ3v) is 2.39. The minimum Gasteiger partial charge on any atom is -0.308 e. The molecular formula is C13H17F2N. The second kappa shape index (κ2) is 5.75. The third kappa shape index (κ3) is 3.74. The molecule has 0 heterocycles. The van der Waals surface area contributed by atoms with E-state index in [1.54, 1.807) is 24.3 Å². The van der Waals surface area contributed by atoms with Gasteiger partial charge in [-0.1, -0.05) is 36.4 Å². The zero-order valence-corrected chi connectivity index (χ0v) is 9.42. The molecule has 0 fully saturated rings. The Labute approximate surface area is 95.2 Å². The van der Waals surface area contributed by atoms with E-state index < -0.39 is 5.92 Å². The van der Waals surface area contributed by atoms with E-state index in [-0.39, 0.29) is 18.2 Å². The third-order valence-electron chi connectivity index (χ3n) is 2.39. The molecule has 0 aliphatic rings. The molecule has 88 valence electrons. The van der Waals surface area contributed by atoms with E-state index in [0.29, 0.717) is 6.42 Å². The second-order valence-electron chi connectivity index (χ2n) is 3.88. The van der Waals surface area contributed by atoms with Gasteiger partial charge in [0.2, 0.25) is 0 Å². The van der Waals surface area contributed by atoms with Gasteiger partial charge in [0.15, 0.2) is 0 Å². The molecule has 0 saturated heterocycles. The van der Waals surface area contributed by atoms with Crippen molar-refractivity contribution in [1.29, 1.82) is 0 Å². The van der Waals surface area contributed by atoms with Crippen molar-refractivity contribution in [1.82, 2.24) is 5.32 Å². The maximum absolute atomic E-state index is 13.7. The molecule has 0 aromatic heterocycles. The van der Waals surface area contributed by atoms with Crippen molar-refractivity contribution in [2.45, 2.75) is 25.3 Å². The minimum absolute atomic E-state index is 0.0205. The van der Waals surface area contributed by atoms with Crippen LogP contribution in [0, 0.1) is 0 Å². The van der Waals surface area contributed by atoms with E-state index in [0.717, 1.165) is 0 Å². The van der Waals surface area contributed by atoms with Crippen molar-refractivity contribution in [2.24, 2.45) is 0 Å². The summed E-state index contributed by atoms with van der Waals surface area (Å²) in [4.78, 5) is 0. The lowest BCUT2D eigenvalue weighted by atomic mass is 10.1. The molecule has 1 N–H and O–H groups in total. The SMILES string of the molecule is C=CCC(C)NCC(F)(F)c1ccccc1. The second-order valence-corrected chi connectivity index (χ2v) is 3.88. The molecule has 1 atom stereocenters. The molecule has 1 aromatic rings. The molecule has 1 rings (SSSR count). The summed E-state index contributed by atoms with van der Waals surface area (Å²) < 4.78 is 27.3. The average molecular weight is 225 g/mol. The van der Waals surface area contributed by atoms with Crippen LogP contribution in [-0.2, 0) is 5.92 Å². The Bertz CT molecular complexity index is 322. The molecule has 1 nitrogen and oxygen atoms in total. The molecule has 16 heavy (non-hydrogen) atoms. The van der Waals surface area contributed by atoms with Gasteiger partial charge in [-0.15, -0.1) is 6.58 Å². The van der Waals surface area contributed by atoms with Crippen LogP contribution < -0.4 is 5.32 Å². The highest BCUT2D eigenvalue weighted by Gasteiger charge is 2.30. The van der Waals surface area contributed by atoms with Gasteiger partial charge in [-0.3, -0.25) is 0 Å². The summed E-state index contributed by atoms with van der Waals surface area (Å²) in [5.41, 5.74) is 0.0494. The van der Waals surface area contributed by atoms with E-state index in [4.69, 9.17) is 0 Å². The van der Waals surface area contributed by atoms with Crippen LogP contribution in [0.3, 0.4) is 0 Å². The van der Waals surface area contributed by atoms with Crippen LogP contribution in [0.2, 0.25) is 0 Å². The van der Waals surface area contributed by atoms with Gasteiger partial charge in [-0.25, -0.2) is 0 Å². The quantitative estimate of drug-likeness (QED) is 0.732. The van der Waals surface area contributed by atoms with Crippen molar-refractivity contribution in [3.8, 4) is 0 Å². The number of alkyl halides is 2. The van der Waals surface area contributed by atoms with Crippen molar-refractivity contribution in [2.75, 3.05) is 6.54 Å². The molecule has 1 unspecified atom stereocenters. The summed E-state index contributed by atoms with van der Waals surface area (Å²) in [5.74, 6) is -2.82. The average Bonchev–Trinajstić information content (AvgIpc) is 2.28. The van der Waals surface area contributed by atoms with E-state index in [1.165, 1.54) is 12.1 Å². The summed E-state index contributed by atoms with van der Waals surface area (Å²) in [6.07, 6.45) is 2.41. The first-order valence-electron chi connectivity index (χ1n) is 5.34. The highest BCUT2D eigenvalue weighted by molar-refractivity contribution is 5.20. The fourth-order valence-corrected chi connectivity index (χ4v) is 1.42. The van der Waals surface area contributed by atoms with Gasteiger partial charge in [0.25, 0.3) is 5.92 Å². The van der Waals surface area contributed by atoms with Gasteiger partial charge in [-0.2, -0.15) is 8.78 Å². The Morgan fingerprint density at radius 1 is 1.38 bits per heavy atom. The van der Waals surface area contributed by atoms with Gasteiger partial charge in [0, 0.05) is 11.6 Å². The summed E-state index contributed by atoms with van der Waals surface area (Å²) in [5, 5.41) is 2.80. The molecule has 0 amide bonds. The monoisotopic (exact) mass is 225 g/mol. The first-order valence-corrected chi connectivity index (χ1v) is 5.34. The van der Waals surface area contributed by atoms with E-state index in [1.807, 2.05) is 6.92 Å². The predicted molar refractivity (Wildman–Crippen MR) is 62.6 cm³/mol. The number of halogens is 2. The zero-order chi connectivity index (χ0) is 12.0. The maximum Gasteiger partial charge on any atom is 0.285 e. The molecule has 0 spiro atoms. The standard InChI is InChI=1S/C13H17F2N/c1-3-7-11(2)16-10-13(14,15)12-8-5-4-6-9-12/h3-6,8-9,11,16H,1,7,10H2,2H3. The van der Waals surface area contributed by atoms with Gasteiger partial charge in [0.1, 0.15) is 0 Å². The minimum atomic E-state index is -2.82. The fourth-order valence-electron chi connectivity index (χ4n) is 1.42. The molecule has 0 aliphatic heterocycles. The molecule has 0 bridgehead atoms. The van der Waals surface area contributed by atoms with Crippen LogP contribution in [0.5, 0.6) is 0 Å². The highest BCUT2D eigenvalue weighted by Crippen LogP contribution is 2.26. The van der Waals surface area contributed by atoms with Crippen LogP contribution in [0.1, 0.15) is 18.9 Å². The van der Waals surface area contributed by atoms with Gasteiger partial charge in [-0.05, 0) is 13.3 Å². The number of rotatable bonds is 6. The highest BCUT2D eigenvalue weighted by atomic mass is 19.3. The Balaban J connectivity index is 2.55. The van der Waals surface area contributed by atoms with Crippen molar-refractivity contribution in [3.05, 3.63) is 48.6 Å². The smallest absolute Gasteiger partial charge is 0.285 e. The summed E-state index contributed by atoms with van der Waals surface area (Å²) in [7, 11) is 0. The first-order chi connectivity index (χ1) is 7.56. The van der Waals surface area contributed by atoms with E-state index in [2.05, 4.69) is 11.9 Å². The molecule has 1 aromatic carbocycles. The Morgan fingerprint density at radius 2 is 2.00 bits per heavy atom. The van der Waals surface area contributed by atoms with Crippen molar-refractivity contribution >= 4 is 0 Å². The number of hydrogen-bond acceptors (Lipinski definition) is 1. The van der Waals surface area contributed by atoms with Crippen molar-refractivity contribution < 1.29 is 8.78 Å². The Kier molecular flexibility index (Phi) is 4.62. The molecule has 3 heteroatoms. The normalized spacial score (nSPS) is 13.4. The fraction of sp³-hybridized carbons (Fsp3) is 0.385. The van der Waals surface area contributed by atoms with E-state index in [9.17, 15) is 8.78 Å². The Hall–Kier alpha value is -1.22. The number of nitrogens with one attached hydrogen (secondary N) is 1. The molecular weight excluding hydrogens is 208 g/mol. The molecule has 0 saturated carbocycles. The molecule has 0 radical (unpaired) electrons. The number of benzene rings is 1. The van der Waals surface area contributed by atoms with Crippen LogP contribution in [-0.4, -0.2) is 12.6 Å². The topological polar surface area (TPSA) is 12.0 Å². The first kappa shape index (κ1) is 12.8. The van der Waals surface area contributed by atoms with Crippen LogP contribution in [0.25, 0.3) is 0 Å². The molecule has 0 aliphatic carbocycles. The van der Waals surface area contributed by atoms with Crippen molar-refractivity contribution in [3.63, 3.8) is 0 Å². The Morgan fingerprint density at radius 3 is 2.56 bits per heavy atom. The largest absolute Gasteiger partial charge is 0.308 e. The lowest BCUT2D eigenvalue weighted by molar-refractivity contribution is -0.00520. The van der Waals surface area contributed by atoms with Crippen LogP contribution in [0.4, 0.5) is 8.78 Å². The van der Waals surface area contributed by atoms with Gasteiger partial charge in [0.05, 0.1) is 6.54 Å². The van der Waals surface area contributed by atoms with Crippen LogP contribution >= 0.6 is 0 Å². The zero-order valence-electron chi connectivity index (χ0n) is 9.42. The number of hydrogen-bond donors (Lipinski definition) is 1. The van der Waals surface area contributed by atoms with Gasteiger partial charge >= 0.3 is 0 Å². The summed E-state index contributed by atoms with van der Waals surface area (Å²) in [6, 6.07) is 7.88. The lowest BCUT2D eigenvalue weighted by Crippen LogP contribution is -2.36. The summed E-state index contributed by atoms with van der Waals surface area (Å²) in [6.45, 7) is 5.10. The van der Waals surface area contributed by atoms with Crippen LogP contribution in [0.15, 0.2) is 43.0 Å². The lowest BCUT2D eigenvalue weighted by Gasteiger charge is -2.20.